The average molecular weight is 227 g/mol. The summed E-state index contributed by atoms with van der Waals surface area (Å²) in [5, 5.41) is 2.38. The van der Waals surface area contributed by atoms with E-state index in [1.807, 2.05) is 12.1 Å². The van der Waals surface area contributed by atoms with Gasteiger partial charge in [0.05, 0.1) is 18.2 Å². The van der Waals surface area contributed by atoms with Crippen LogP contribution in [0, 0.1) is 0 Å². The van der Waals surface area contributed by atoms with Gasteiger partial charge in [-0.25, -0.2) is 0 Å². The number of hydrogen-bond donors (Lipinski definition) is 0. The van der Waals surface area contributed by atoms with Gasteiger partial charge in [0.1, 0.15) is 0 Å². The Morgan fingerprint density at radius 1 is 0.941 bits per heavy atom. The van der Waals surface area contributed by atoms with Crippen LogP contribution in [0.3, 0.4) is 0 Å². The van der Waals surface area contributed by atoms with Gasteiger partial charge in [0.2, 0.25) is 0 Å². The fraction of sp³-hybridized carbons (Fsp3) is 0.0769. The molecule has 0 saturated carbocycles. The van der Waals surface area contributed by atoms with Gasteiger partial charge in [0, 0.05) is 5.39 Å². The lowest BCUT2D eigenvalue weighted by atomic mass is 9.95. The zero-order chi connectivity index (χ0) is 12.0. The summed E-state index contributed by atoms with van der Waals surface area (Å²) in [6.07, 6.45) is 0. The number of rotatable bonds is 1. The van der Waals surface area contributed by atoms with Crippen LogP contribution in [0.4, 0.5) is 0 Å². The van der Waals surface area contributed by atoms with E-state index in [0.29, 0.717) is 16.5 Å². The van der Waals surface area contributed by atoms with Crippen molar-refractivity contribution in [2.75, 3.05) is 7.11 Å². The molecule has 0 aromatic heterocycles. The van der Waals surface area contributed by atoms with Crippen molar-refractivity contribution >= 4 is 22.6 Å². The highest BCUT2D eigenvalue weighted by molar-refractivity contribution is 6.24. The molecule has 0 N–H and O–H groups in total. The molecule has 2 aromatic rings. The third-order valence-corrected chi connectivity index (χ3v) is 2.92. The van der Waals surface area contributed by atoms with Crippen LogP contribution in [0.1, 0.15) is 20.7 Å². The summed E-state index contributed by atoms with van der Waals surface area (Å²) >= 11 is 0. The summed E-state index contributed by atoms with van der Waals surface area (Å²) in [5.74, 6) is -0.830. The number of benzene rings is 2. The number of carbonyl (C=O) groups excluding carboxylic acids is 2. The lowest BCUT2D eigenvalue weighted by Gasteiger charge is -2.24. The number of hydroxylamine groups is 2. The van der Waals surface area contributed by atoms with Crippen LogP contribution in [-0.2, 0) is 4.84 Å². The summed E-state index contributed by atoms with van der Waals surface area (Å²) in [5.41, 5.74) is 0.999. The number of hydrogen-bond acceptors (Lipinski definition) is 3. The average Bonchev–Trinajstić information content (AvgIpc) is 2.36. The second kappa shape index (κ2) is 3.40. The Kier molecular flexibility index (Phi) is 2.00. The molecule has 0 radical (unpaired) electrons. The topological polar surface area (TPSA) is 46.6 Å². The van der Waals surface area contributed by atoms with Crippen LogP contribution in [0.2, 0.25) is 0 Å². The minimum Gasteiger partial charge on any atom is -0.266 e. The normalized spacial score (nSPS) is 14.5. The first-order chi connectivity index (χ1) is 8.24. The molecular formula is C13H9NO3. The highest BCUT2D eigenvalue weighted by Crippen LogP contribution is 2.29. The Labute approximate surface area is 97.4 Å². The van der Waals surface area contributed by atoms with E-state index in [2.05, 4.69) is 0 Å². The van der Waals surface area contributed by atoms with Crippen molar-refractivity contribution in [1.29, 1.82) is 0 Å². The zero-order valence-corrected chi connectivity index (χ0v) is 9.14. The Balaban J connectivity index is 2.43. The molecular weight excluding hydrogens is 218 g/mol. The van der Waals surface area contributed by atoms with Crippen LogP contribution in [-0.4, -0.2) is 24.0 Å². The van der Waals surface area contributed by atoms with Gasteiger partial charge in [-0.15, -0.1) is 5.06 Å². The van der Waals surface area contributed by atoms with Crippen molar-refractivity contribution in [3.05, 3.63) is 47.5 Å². The van der Waals surface area contributed by atoms with Crippen LogP contribution in [0.5, 0.6) is 0 Å². The molecule has 4 heteroatoms. The fourth-order valence-corrected chi connectivity index (χ4v) is 2.17. The maximum atomic E-state index is 12.0. The van der Waals surface area contributed by atoms with Gasteiger partial charge in [0.25, 0.3) is 11.8 Å². The Morgan fingerprint density at radius 3 is 1.94 bits per heavy atom. The van der Waals surface area contributed by atoms with Gasteiger partial charge in [0.15, 0.2) is 0 Å². The first-order valence-electron chi connectivity index (χ1n) is 5.18. The monoisotopic (exact) mass is 227 g/mol. The van der Waals surface area contributed by atoms with E-state index in [1.54, 1.807) is 24.3 Å². The van der Waals surface area contributed by atoms with Crippen LogP contribution < -0.4 is 0 Å². The van der Waals surface area contributed by atoms with Crippen molar-refractivity contribution in [3.63, 3.8) is 0 Å². The molecule has 0 aliphatic carbocycles. The number of nitrogens with zero attached hydrogens (tertiary/aromatic N) is 1. The predicted octanol–water partition coefficient (Wildman–Crippen LogP) is 2.00. The molecule has 0 atom stereocenters. The molecule has 1 aliphatic rings. The van der Waals surface area contributed by atoms with Crippen molar-refractivity contribution in [2.24, 2.45) is 0 Å². The predicted molar refractivity (Wildman–Crippen MR) is 61.5 cm³/mol. The van der Waals surface area contributed by atoms with Gasteiger partial charge in [-0.3, -0.25) is 14.4 Å². The van der Waals surface area contributed by atoms with Gasteiger partial charge in [-0.05, 0) is 17.5 Å². The van der Waals surface area contributed by atoms with Crippen molar-refractivity contribution < 1.29 is 14.4 Å². The van der Waals surface area contributed by atoms with E-state index in [0.717, 1.165) is 10.4 Å². The summed E-state index contributed by atoms with van der Waals surface area (Å²) in [6.45, 7) is 0. The number of imide groups is 1. The molecule has 3 rings (SSSR count). The van der Waals surface area contributed by atoms with Crippen LogP contribution >= 0.6 is 0 Å². The third-order valence-electron chi connectivity index (χ3n) is 2.92. The smallest absolute Gasteiger partial charge is 0.266 e. The highest BCUT2D eigenvalue weighted by Gasteiger charge is 2.32. The molecule has 1 aliphatic heterocycles. The third kappa shape index (κ3) is 1.21. The first-order valence-corrected chi connectivity index (χ1v) is 5.18. The molecule has 2 aromatic carbocycles. The minimum absolute atomic E-state index is 0.415. The summed E-state index contributed by atoms with van der Waals surface area (Å²) in [7, 11) is 1.31. The van der Waals surface area contributed by atoms with E-state index < -0.39 is 11.8 Å². The van der Waals surface area contributed by atoms with Crippen molar-refractivity contribution in [1.82, 2.24) is 5.06 Å². The largest absolute Gasteiger partial charge is 0.285 e. The summed E-state index contributed by atoms with van der Waals surface area (Å²) in [6, 6.07) is 10.8. The molecule has 0 spiro atoms. The molecule has 1 heterocycles. The zero-order valence-electron chi connectivity index (χ0n) is 9.14. The number of amides is 2. The standard InChI is InChI=1S/C13H9NO3/c1-17-14-12(15)9-6-2-4-8-5-3-7-10(11(8)9)13(14)16/h2-7H,1H3. The van der Waals surface area contributed by atoms with E-state index in [1.165, 1.54) is 7.11 Å². The van der Waals surface area contributed by atoms with Crippen molar-refractivity contribution in [3.8, 4) is 0 Å². The second-order valence-electron chi connectivity index (χ2n) is 3.80. The van der Waals surface area contributed by atoms with Gasteiger partial charge in [-0.1, -0.05) is 24.3 Å². The fourth-order valence-electron chi connectivity index (χ4n) is 2.17. The molecule has 2 amide bonds. The molecule has 0 saturated heterocycles. The molecule has 0 bridgehead atoms. The SMILES string of the molecule is CON1C(=O)c2cccc3cccc(c23)C1=O. The van der Waals surface area contributed by atoms with E-state index in [4.69, 9.17) is 4.84 Å². The van der Waals surface area contributed by atoms with Gasteiger partial charge < -0.3 is 0 Å². The van der Waals surface area contributed by atoms with Crippen molar-refractivity contribution in [2.45, 2.75) is 0 Å². The maximum absolute atomic E-state index is 12.0. The second-order valence-corrected chi connectivity index (χ2v) is 3.80. The van der Waals surface area contributed by atoms with Crippen LogP contribution in [0.15, 0.2) is 36.4 Å². The first kappa shape index (κ1) is 9.99. The van der Waals surface area contributed by atoms with E-state index in [9.17, 15) is 9.59 Å². The van der Waals surface area contributed by atoms with Crippen LogP contribution in [0.25, 0.3) is 10.8 Å². The summed E-state index contributed by atoms with van der Waals surface area (Å²) < 4.78 is 0. The molecule has 84 valence electrons. The van der Waals surface area contributed by atoms with Gasteiger partial charge >= 0.3 is 0 Å². The minimum atomic E-state index is -0.415. The lowest BCUT2D eigenvalue weighted by molar-refractivity contribution is -0.0689. The molecule has 0 unspecified atom stereocenters. The summed E-state index contributed by atoms with van der Waals surface area (Å²) in [4.78, 5) is 28.9. The highest BCUT2D eigenvalue weighted by atomic mass is 16.7. The van der Waals surface area contributed by atoms with E-state index >= 15 is 0 Å². The molecule has 17 heavy (non-hydrogen) atoms. The molecule has 0 fully saturated rings. The molecule has 4 nitrogen and oxygen atoms in total. The maximum Gasteiger partial charge on any atom is 0.285 e. The Bertz CT molecular complexity index is 597. The van der Waals surface area contributed by atoms with Gasteiger partial charge in [-0.2, -0.15) is 0 Å². The quantitative estimate of drug-likeness (QED) is 0.700. The number of carbonyl (C=O) groups is 2. The van der Waals surface area contributed by atoms with E-state index in [-0.39, 0.29) is 0 Å². The lowest BCUT2D eigenvalue weighted by Crippen LogP contribution is -2.39. The Hall–Kier alpha value is -2.20. The Morgan fingerprint density at radius 2 is 1.47 bits per heavy atom.